The Kier molecular flexibility index (Phi) is 2.92. The molecule has 0 saturated heterocycles. The van der Waals surface area contributed by atoms with Crippen LogP contribution >= 0.6 is 23.1 Å². The van der Waals surface area contributed by atoms with Crippen LogP contribution in [0, 0.1) is 0 Å². The Morgan fingerprint density at radius 2 is 1.43 bits per heavy atom. The second kappa shape index (κ2) is 4.69. The predicted octanol–water partition coefficient (Wildman–Crippen LogP) is 4.86. The van der Waals surface area contributed by atoms with Crippen molar-refractivity contribution in [2.45, 2.75) is 0 Å². The van der Waals surface area contributed by atoms with Crippen molar-refractivity contribution < 1.29 is 4.57 Å². The van der Waals surface area contributed by atoms with E-state index in [0.717, 1.165) is 25.8 Å². The molecule has 0 aliphatic carbocycles. The van der Waals surface area contributed by atoms with Gasteiger partial charge in [-0.05, 0) is 50.5 Å². The van der Waals surface area contributed by atoms with E-state index in [0.29, 0.717) is 0 Å². The van der Waals surface area contributed by atoms with E-state index in [9.17, 15) is 4.57 Å². The first kappa shape index (κ1) is 13.1. The van der Waals surface area contributed by atoms with Gasteiger partial charge in [0.05, 0.1) is 4.22 Å². The van der Waals surface area contributed by atoms with E-state index in [-0.39, 0.29) is 0 Å². The molecule has 3 heteroatoms. The Hall–Kier alpha value is -1.63. The molecule has 1 aliphatic rings. The zero-order valence-electron chi connectivity index (χ0n) is 11.2. The van der Waals surface area contributed by atoms with E-state index in [1.54, 1.807) is 0 Å². The average Bonchev–Trinajstić information content (AvgIpc) is 2.78. The maximum Gasteiger partial charge on any atom is 0.178 e. The van der Waals surface area contributed by atoms with Gasteiger partial charge in [-0.15, -0.1) is 0 Å². The van der Waals surface area contributed by atoms with Crippen LogP contribution in [-0.4, -0.2) is 0 Å². The Morgan fingerprint density at radius 3 is 2.14 bits per heavy atom. The molecule has 0 spiro atoms. The van der Waals surface area contributed by atoms with Crippen LogP contribution < -0.4 is 10.6 Å². The lowest BCUT2D eigenvalue weighted by Gasteiger charge is -2.16. The van der Waals surface area contributed by atoms with Gasteiger partial charge in [-0.1, -0.05) is 54.6 Å². The van der Waals surface area contributed by atoms with Gasteiger partial charge in [-0.25, -0.2) is 0 Å². The largest absolute Gasteiger partial charge is 0.308 e. The molecule has 0 bridgehead atoms. The highest BCUT2D eigenvalue weighted by Gasteiger charge is 2.37. The third kappa shape index (κ3) is 1.87. The van der Waals surface area contributed by atoms with Crippen molar-refractivity contribution in [3.63, 3.8) is 0 Å². The number of fused-ring (bicyclic) bond motifs is 2. The molecule has 0 radical (unpaired) electrons. The fourth-order valence-corrected chi connectivity index (χ4v) is 6.78. The predicted molar refractivity (Wildman–Crippen MR) is 94.2 cm³/mol. The van der Waals surface area contributed by atoms with E-state index in [1.165, 1.54) is 5.39 Å². The van der Waals surface area contributed by atoms with Crippen LogP contribution in [-0.2, 0) is 4.57 Å². The summed E-state index contributed by atoms with van der Waals surface area (Å²) in [5, 5.41) is 4.11. The van der Waals surface area contributed by atoms with Crippen LogP contribution in [0.2, 0.25) is 0 Å². The van der Waals surface area contributed by atoms with E-state index >= 15 is 0 Å². The molecule has 1 heterocycles. The van der Waals surface area contributed by atoms with Gasteiger partial charge in [0.2, 0.25) is 0 Å². The lowest BCUT2D eigenvalue weighted by molar-refractivity contribution is 0.592. The molecule has 3 aromatic rings. The van der Waals surface area contributed by atoms with E-state index < -0.39 is 7.14 Å². The third-order valence-electron chi connectivity index (χ3n) is 3.93. The minimum absolute atomic E-state index is 0.784. The number of halogens is 1. The molecule has 102 valence electrons. The summed E-state index contributed by atoms with van der Waals surface area (Å²) in [7, 11) is -2.73. The highest BCUT2D eigenvalue weighted by Crippen LogP contribution is 2.59. The first-order chi connectivity index (χ1) is 10.2. The molecule has 0 N–H and O–H groups in total. The van der Waals surface area contributed by atoms with Crippen molar-refractivity contribution in [3.05, 3.63) is 76.5 Å². The number of hydrogen-bond acceptors (Lipinski definition) is 1. The molecular formula is C18H12BrOP. The van der Waals surface area contributed by atoms with Crippen LogP contribution in [0.3, 0.4) is 0 Å². The van der Waals surface area contributed by atoms with Gasteiger partial charge in [0.15, 0.2) is 7.14 Å². The topological polar surface area (TPSA) is 17.1 Å². The summed E-state index contributed by atoms with van der Waals surface area (Å²) in [6.07, 6.45) is 2.00. The number of hydrogen-bond donors (Lipinski definition) is 0. The van der Waals surface area contributed by atoms with Gasteiger partial charge in [-0.2, -0.15) is 0 Å². The molecule has 0 amide bonds. The molecule has 3 aromatic carbocycles. The van der Waals surface area contributed by atoms with Gasteiger partial charge >= 0.3 is 0 Å². The fraction of sp³-hybridized carbons (Fsp3) is 0. The normalized spacial score (nSPS) is 20.3. The maximum atomic E-state index is 13.7. The summed E-state index contributed by atoms with van der Waals surface area (Å²) in [5.41, 5.74) is 1.05. The van der Waals surface area contributed by atoms with Crippen LogP contribution in [0.1, 0.15) is 5.56 Å². The van der Waals surface area contributed by atoms with E-state index in [1.807, 2.05) is 48.5 Å². The lowest BCUT2D eigenvalue weighted by atomic mass is 10.1. The van der Waals surface area contributed by atoms with Crippen molar-refractivity contribution in [3.8, 4) is 0 Å². The maximum absolute atomic E-state index is 13.7. The fourth-order valence-electron chi connectivity index (χ4n) is 2.87. The Balaban J connectivity index is 2.04. The van der Waals surface area contributed by atoms with Crippen molar-refractivity contribution in [2.24, 2.45) is 0 Å². The highest BCUT2D eigenvalue weighted by molar-refractivity contribution is 9.13. The Morgan fingerprint density at radius 1 is 0.810 bits per heavy atom. The van der Waals surface area contributed by atoms with E-state index in [4.69, 9.17) is 0 Å². The molecule has 0 fully saturated rings. The van der Waals surface area contributed by atoms with Gasteiger partial charge in [0.1, 0.15) is 0 Å². The smallest absolute Gasteiger partial charge is 0.178 e. The molecule has 0 saturated carbocycles. The SMILES string of the molecule is O=P1(c2ccccc2)C(Br)=Cc2cc3ccccc3cc21. The summed E-state index contributed by atoms with van der Waals surface area (Å²) < 4.78 is 14.5. The molecular weight excluding hydrogens is 343 g/mol. The van der Waals surface area contributed by atoms with Crippen molar-refractivity contribution in [1.82, 2.24) is 0 Å². The first-order valence-electron chi connectivity index (χ1n) is 6.76. The number of benzene rings is 3. The second-order valence-electron chi connectivity index (χ2n) is 5.17. The summed E-state index contributed by atoms with van der Waals surface area (Å²) in [5.74, 6) is 0. The summed E-state index contributed by atoms with van der Waals surface area (Å²) in [6, 6.07) is 22.1. The van der Waals surface area contributed by atoms with Gasteiger partial charge in [0, 0.05) is 10.6 Å². The monoisotopic (exact) mass is 354 g/mol. The van der Waals surface area contributed by atoms with E-state index in [2.05, 4.69) is 40.2 Å². The minimum Gasteiger partial charge on any atom is -0.308 e. The average molecular weight is 355 g/mol. The minimum atomic E-state index is -2.73. The van der Waals surface area contributed by atoms with Gasteiger partial charge in [0.25, 0.3) is 0 Å². The zero-order chi connectivity index (χ0) is 14.4. The highest BCUT2D eigenvalue weighted by atomic mass is 79.9. The van der Waals surface area contributed by atoms with Gasteiger partial charge < -0.3 is 4.57 Å². The quantitative estimate of drug-likeness (QED) is 0.570. The van der Waals surface area contributed by atoms with Crippen molar-refractivity contribution in [2.75, 3.05) is 0 Å². The van der Waals surface area contributed by atoms with Crippen molar-refractivity contribution in [1.29, 1.82) is 0 Å². The van der Waals surface area contributed by atoms with Crippen LogP contribution in [0.5, 0.6) is 0 Å². The second-order valence-corrected chi connectivity index (χ2v) is 9.34. The Labute approximate surface area is 131 Å². The van der Waals surface area contributed by atoms with Crippen LogP contribution in [0.15, 0.2) is 71.0 Å². The number of rotatable bonds is 1. The molecule has 1 atom stereocenters. The third-order valence-corrected chi connectivity index (χ3v) is 8.48. The molecule has 0 aromatic heterocycles. The molecule has 21 heavy (non-hydrogen) atoms. The summed E-state index contributed by atoms with van der Waals surface area (Å²) in [6.45, 7) is 0. The molecule has 4 rings (SSSR count). The Bertz CT molecular complexity index is 928. The lowest BCUT2D eigenvalue weighted by Crippen LogP contribution is -2.14. The van der Waals surface area contributed by atoms with Crippen LogP contribution in [0.4, 0.5) is 0 Å². The van der Waals surface area contributed by atoms with Gasteiger partial charge in [-0.3, -0.25) is 0 Å². The summed E-state index contributed by atoms with van der Waals surface area (Å²) >= 11 is 3.55. The molecule has 1 nitrogen and oxygen atoms in total. The van der Waals surface area contributed by atoms with Crippen molar-refractivity contribution >= 4 is 50.5 Å². The molecule has 1 aliphatic heterocycles. The summed E-state index contributed by atoms with van der Waals surface area (Å²) in [4.78, 5) is 0. The molecule has 1 unspecified atom stereocenters. The first-order valence-corrected chi connectivity index (χ1v) is 9.26. The van der Waals surface area contributed by atoms with Crippen LogP contribution in [0.25, 0.3) is 16.8 Å². The standard InChI is InChI=1S/C18H12BrOP/c19-18-12-15-10-13-6-4-5-7-14(13)11-17(15)21(18,20)16-8-2-1-3-9-16/h1-12H. The zero-order valence-corrected chi connectivity index (χ0v) is 13.6.